The Labute approximate surface area is 268 Å². The molecule has 1 saturated heterocycles. The maximum atomic E-state index is 14.0. The number of anilines is 1. The van der Waals surface area contributed by atoms with Crippen molar-refractivity contribution in [1.82, 2.24) is 20.1 Å². The van der Waals surface area contributed by atoms with Crippen molar-refractivity contribution in [1.29, 1.82) is 0 Å². The molecule has 3 aromatic carbocycles. The van der Waals surface area contributed by atoms with Crippen LogP contribution >= 0.6 is 0 Å². The van der Waals surface area contributed by atoms with Crippen LogP contribution in [0.1, 0.15) is 37.5 Å². The number of aromatic nitrogens is 1. The van der Waals surface area contributed by atoms with Gasteiger partial charge in [-0.05, 0) is 75.8 Å². The van der Waals surface area contributed by atoms with Gasteiger partial charge >= 0.3 is 6.09 Å². The van der Waals surface area contributed by atoms with Gasteiger partial charge in [-0.15, -0.1) is 0 Å². The number of hydrogen-bond donors (Lipinski definition) is 3. The van der Waals surface area contributed by atoms with Crippen molar-refractivity contribution >= 4 is 40.0 Å². The highest BCUT2D eigenvalue weighted by atomic mass is 19.1. The molecular weight excluding hydrogens is 587 g/mol. The second kappa shape index (κ2) is 13.7. The van der Waals surface area contributed by atoms with Crippen molar-refractivity contribution in [2.75, 3.05) is 51.7 Å². The van der Waals surface area contributed by atoms with Crippen LogP contribution in [0.25, 0.3) is 10.9 Å². The van der Waals surface area contributed by atoms with Crippen molar-refractivity contribution in [3.63, 3.8) is 0 Å². The summed E-state index contributed by atoms with van der Waals surface area (Å²) in [4.78, 5) is 39.0. The molecule has 0 radical (unpaired) electrons. The molecule has 11 heteroatoms. The lowest BCUT2D eigenvalue weighted by Crippen LogP contribution is -2.48. The zero-order valence-electron chi connectivity index (χ0n) is 26.9. The topological polar surface area (TPSA) is 114 Å². The van der Waals surface area contributed by atoms with Gasteiger partial charge in [0.1, 0.15) is 11.4 Å². The average molecular weight is 629 g/mol. The lowest BCUT2D eigenvalue weighted by Gasteiger charge is -2.32. The van der Waals surface area contributed by atoms with Crippen LogP contribution in [0.2, 0.25) is 0 Å². The van der Waals surface area contributed by atoms with E-state index in [1.807, 2.05) is 48.5 Å². The summed E-state index contributed by atoms with van der Waals surface area (Å²) in [7, 11) is 3.85. The molecule has 46 heavy (non-hydrogen) atoms. The third kappa shape index (κ3) is 8.09. The van der Waals surface area contributed by atoms with E-state index in [9.17, 15) is 19.1 Å². The summed E-state index contributed by atoms with van der Waals surface area (Å²) in [6.45, 7) is 9.65. The molecule has 2 amide bonds. The normalized spacial score (nSPS) is 14.8. The molecule has 0 atom stereocenters. The summed E-state index contributed by atoms with van der Waals surface area (Å²) in [5, 5.41) is 14.3. The minimum atomic E-state index is -0.600. The number of ether oxygens (including phenoxy) is 1. The number of amides is 2. The Kier molecular flexibility index (Phi) is 9.74. The van der Waals surface area contributed by atoms with E-state index in [-0.39, 0.29) is 18.3 Å². The van der Waals surface area contributed by atoms with Gasteiger partial charge in [-0.1, -0.05) is 24.3 Å². The molecule has 0 aliphatic carbocycles. The van der Waals surface area contributed by atoms with Crippen LogP contribution in [0.4, 0.5) is 20.6 Å². The minimum absolute atomic E-state index is 0.0127. The molecule has 1 aliphatic rings. The number of nitrogens with one attached hydrogen (secondary N) is 2. The van der Waals surface area contributed by atoms with E-state index in [2.05, 4.69) is 27.1 Å². The molecular formula is C35H41FN6O4. The predicted octanol–water partition coefficient (Wildman–Crippen LogP) is 5.42. The highest BCUT2D eigenvalue weighted by Crippen LogP contribution is 2.32. The molecule has 10 nitrogen and oxygen atoms in total. The van der Waals surface area contributed by atoms with Gasteiger partial charge in [0.15, 0.2) is 5.88 Å². The van der Waals surface area contributed by atoms with Crippen LogP contribution < -0.4 is 10.2 Å². The predicted molar refractivity (Wildman–Crippen MR) is 179 cm³/mol. The summed E-state index contributed by atoms with van der Waals surface area (Å²) in [6, 6.07) is 19.0. The average Bonchev–Trinajstić information content (AvgIpc) is 3.33. The molecule has 0 saturated carbocycles. The Morgan fingerprint density at radius 2 is 1.70 bits per heavy atom. The van der Waals surface area contributed by atoms with Crippen molar-refractivity contribution in [3.8, 4) is 5.88 Å². The van der Waals surface area contributed by atoms with Gasteiger partial charge in [0.2, 0.25) is 5.91 Å². The number of H-pyrrole nitrogens is 1. The van der Waals surface area contributed by atoms with Crippen LogP contribution in [-0.2, 0) is 16.1 Å². The Morgan fingerprint density at radius 3 is 2.35 bits per heavy atom. The fourth-order valence-corrected chi connectivity index (χ4v) is 5.26. The third-order valence-corrected chi connectivity index (χ3v) is 7.85. The number of aromatic hydroxyl groups is 1. The van der Waals surface area contributed by atoms with E-state index in [0.29, 0.717) is 40.0 Å². The van der Waals surface area contributed by atoms with E-state index in [1.54, 1.807) is 38.8 Å². The first-order valence-corrected chi connectivity index (χ1v) is 15.3. The summed E-state index contributed by atoms with van der Waals surface area (Å²) in [5.41, 5.74) is 3.62. The van der Waals surface area contributed by atoms with E-state index in [4.69, 9.17) is 9.73 Å². The number of piperazine rings is 1. The van der Waals surface area contributed by atoms with Crippen LogP contribution in [0.3, 0.4) is 0 Å². The highest BCUT2D eigenvalue weighted by molar-refractivity contribution is 6.21. The van der Waals surface area contributed by atoms with Crippen LogP contribution in [0.15, 0.2) is 71.7 Å². The van der Waals surface area contributed by atoms with Crippen LogP contribution in [-0.4, -0.2) is 90.0 Å². The van der Waals surface area contributed by atoms with Crippen molar-refractivity contribution in [2.24, 2.45) is 4.99 Å². The highest BCUT2D eigenvalue weighted by Gasteiger charge is 2.21. The summed E-state index contributed by atoms with van der Waals surface area (Å²) >= 11 is 0. The summed E-state index contributed by atoms with van der Waals surface area (Å²) < 4.78 is 19.3. The maximum absolute atomic E-state index is 14.0. The van der Waals surface area contributed by atoms with Gasteiger partial charge in [0, 0.05) is 56.4 Å². The number of hydrogen-bond acceptors (Lipinski definition) is 7. The minimum Gasteiger partial charge on any atom is -0.494 e. The smallest absolute Gasteiger partial charge is 0.407 e. The van der Waals surface area contributed by atoms with Crippen molar-refractivity contribution in [2.45, 2.75) is 32.9 Å². The standard InChI is InChI=1S/C35H41FN6O4/c1-35(2,3)46-34(45)37-21-23-6-8-24(9-7-23)32(31-28-15-10-25(36)20-29(28)39-33(31)44)38-26-11-13-27(14-12-26)41(5)30(43)22-42-18-16-40(4)17-19-42/h6-15,20,39,44H,16-19,21-22H2,1-5H3,(H,37,45). The van der Waals surface area contributed by atoms with Crippen molar-refractivity contribution < 1.29 is 23.8 Å². The largest absolute Gasteiger partial charge is 0.494 e. The molecule has 0 bridgehead atoms. The second-order valence-electron chi connectivity index (χ2n) is 12.6. The van der Waals surface area contributed by atoms with E-state index in [0.717, 1.165) is 37.4 Å². The number of nitrogens with zero attached hydrogens (tertiary/aromatic N) is 4. The number of fused-ring (bicyclic) bond motifs is 1. The van der Waals surface area contributed by atoms with Crippen LogP contribution in [0.5, 0.6) is 5.88 Å². The number of halogens is 1. The number of aliphatic imine (C=N–C) groups is 1. The molecule has 5 rings (SSSR count). The molecule has 4 aromatic rings. The first kappa shape index (κ1) is 32.6. The van der Waals surface area contributed by atoms with Gasteiger partial charge in [-0.25, -0.2) is 14.2 Å². The monoisotopic (exact) mass is 628 g/mol. The molecule has 1 fully saturated rings. The molecule has 2 heterocycles. The van der Waals surface area contributed by atoms with Crippen LogP contribution in [0, 0.1) is 5.82 Å². The fourth-order valence-electron chi connectivity index (χ4n) is 5.26. The number of aromatic amines is 1. The van der Waals surface area contributed by atoms with E-state index in [1.165, 1.54) is 12.1 Å². The number of rotatable bonds is 8. The lowest BCUT2D eigenvalue weighted by molar-refractivity contribution is -0.119. The Hall–Kier alpha value is -4.74. The van der Waals surface area contributed by atoms with Gasteiger partial charge in [-0.3, -0.25) is 9.69 Å². The number of likely N-dealkylation sites (N-methyl/N-ethyl adjacent to an activating group) is 2. The SMILES string of the molecule is CN1CCN(CC(=O)N(C)c2ccc(N=C(c3ccc(CNC(=O)OC(C)(C)C)cc3)c3c(O)[nH]c4cc(F)ccc34)cc2)CC1. The Bertz CT molecular complexity index is 1720. The van der Waals surface area contributed by atoms with Gasteiger partial charge in [0.25, 0.3) is 0 Å². The Balaban J connectivity index is 1.40. The second-order valence-corrected chi connectivity index (χ2v) is 12.6. The summed E-state index contributed by atoms with van der Waals surface area (Å²) in [5.74, 6) is -0.554. The van der Waals surface area contributed by atoms with Gasteiger partial charge < -0.3 is 29.9 Å². The van der Waals surface area contributed by atoms with Crippen molar-refractivity contribution in [3.05, 3.63) is 89.2 Å². The molecule has 1 aliphatic heterocycles. The molecule has 3 N–H and O–H groups in total. The van der Waals surface area contributed by atoms with Gasteiger partial charge in [0.05, 0.1) is 29.0 Å². The first-order valence-electron chi connectivity index (χ1n) is 15.3. The fraction of sp³-hybridized carbons (Fsp3) is 0.343. The zero-order valence-corrected chi connectivity index (χ0v) is 26.9. The summed E-state index contributed by atoms with van der Waals surface area (Å²) in [6.07, 6.45) is -0.509. The lowest BCUT2D eigenvalue weighted by atomic mass is 9.99. The molecule has 242 valence electrons. The molecule has 0 spiro atoms. The number of alkyl carbamates (subject to hydrolysis) is 1. The van der Waals surface area contributed by atoms with Gasteiger partial charge in [-0.2, -0.15) is 0 Å². The quantitative estimate of drug-likeness (QED) is 0.225. The Morgan fingerprint density at radius 1 is 1.02 bits per heavy atom. The van der Waals surface area contributed by atoms with E-state index < -0.39 is 17.5 Å². The zero-order chi connectivity index (χ0) is 33.0. The third-order valence-electron chi connectivity index (χ3n) is 7.85. The number of benzene rings is 3. The number of carbonyl (C=O) groups excluding carboxylic acids is 2. The molecule has 1 aromatic heterocycles. The molecule has 0 unspecified atom stereocenters. The number of carbonyl (C=O) groups is 2. The van der Waals surface area contributed by atoms with E-state index >= 15 is 0 Å². The maximum Gasteiger partial charge on any atom is 0.407 e. The first-order chi connectivity index (χ1) is 21.9.